The third-order valence-electron chi connectivity index (χ3n) is 12.3. The van der Waals surface area contributed by atoms with Crippen LogP contribution in [0.25, 0.3) is 22.4 Å². The third kappa shape index (κ3) is 8.66. The number of aromatic amines is 1. The Morgan fingerprint density at radius 1 is 0.983 bits per heavy atom. The number of H-pyrrole nitrogens is 1. The van der Waals surface area contributed by atoms with E-state index in [1.54, 1.807) is 17.2 Å². The molecule has 2 aliphatic heterocycles. The van der Waals surface area contributed by atoms with Crippen LogP contribution in [0, 0.1) is 24.2 Å². The maximum Gasteiger partial charge on any atom is 0.407 e. The van der Waals surface area contributed by atoms with Crippen LogP contribution in [0.2, 0.25) is 5.02 Å². The Morgan fingerprint density at radius 2 is 1.69 bits per heavy atom. The van der Waals surface area contributed by atoms with E-state index in [1.807, 2.05) is 74.3 Å². The number of carbonyl (C=O) groups is 4. The Hall–Kier alpha value is -5.43. The minimum atomic E-state index is -0.701. The molecule has 4 heterocycles. The molecule has 4 amide bonds. The molecule has 0 spiro atoms. The normalized spacial score (nSPS) is 21.6. The quantitative estimate of drug-likeness (QED) is 0.146. The number of anilines is 2. The average Bonchev–Trinajstić information content (AvgIpc) is 3.56. The number of piperazine rings is 1. The van der Waals surface area contributed by atoms with Gasteiger partial charge in [0.05, 0.1) is 35.1 Å². The third-order valence-corrected chi connectivity index (χ3v) is 12.6. The SMILES string of the molecule is COC(=O)N[C@H](C(=O)N1CCC[C@H]1c1nc(-c2ccc(-c3cc(Cl)c(NC(=O)c4ccc(N5C[C@H](C)N(C(=O)[C@H]6CC6(C)C)C[C@H]5C)nc4)cc3C)cc2)c[nH]1)C(C)C. The fourth-order valence-corrected chi connectivity index (χ4v) is 8.69. The van der Waals surface area contributed by atoms with Gasteiger partial charge in [0.1, 0.15) is 17.7 Å². The van der Waals surface area contributed by atoms with Crippen molar-refractivity contribution in [1.29, 1.82) is 0 Å². The Labute approximate surface area is 351 Å². The summed E-state index contributed by atoms with van der Waals surface area (Å²) < 4.78 is 4.76. The number of nitrogens with one attached hydrogen (secondary N) is 3. The second-order valence-electron chi connectivity index (χ2n) is 17.4. The van der Waals surface area contributed by atoms with Crippen molar-refractivity contribution in [2.45, 2.75) is 91.9 Å². The zero-order valence-electron chi connectivity index (χ0n) is 35.1. The van der Waals surface area contributed by atoms with Crippen LogP contribution < -0.4 is 15.5 Å². The van der Waals surface area contributed by atoms with Crippen molar-refractivity contribution in [3.05, 3.63) is 82.9 Å². The summed E-state index contributed by atoms with van der Waals surface area (Å²) in [6, 6.07) is 14.6. The van der Waals surface area contributed by atoms with Gasteiger partial charge < -0.3 is 35.1 Å². The summed E-state index contributed by atoms with van der Waals surface area (Å²) in [6.45, 7) is 16.2. The van der Waals surface area contributed by atoms with Gasteiger partial charge >= 0.3 is 6.09 Å². The highest BCUT2D eigenvalue weighted by Gasteiger charge is 2.53. The summed E-state index contributed by atoms with van der Waals surface area (Å²) in [5.41, 5.74) is 5.50. The lowest BCUT2D eigenvalue weighted by Gasteiger charge is -2.45. The van der Waals surface area contributed by atoms with Crippen LogP contribution in [-0.2, 0) is 14.3 Å². The van der Waals surface area contributed by atoms with Crippen molar-refractivity contribution in [2.24, 2.45) is 17.3 Å². The van der Waals surface area contributed by atoms with Crippen molar-refractivity contribution in [3.63, 3.8) is 0 Å². The summed E-state index contributed by atoms with van der Waals surface area (Å²) in [5.74, 6) is 1.26. The van der Waals surface area contributed by atoms with Gasteiger partial charge in [0.2, 0.25) is 11.8 Å². The lowest BCUT2D eigenvalue weighted by atomic mass is 9.98. The van der Waals surface area contributed by atoms with Gasteiger partial charge in [-0.2, -0.15) is 0 Å². The van der Waals surface area contributed by atoms with E-state index in [-0.39, 0.29) is 53.1 Å². The molecule has 3 N–H and O–H groups in total. The molecule has 2 aromatic carbocycles. The number of imidazole rings is 1. The Kier molecular flexibility index (Phi) is 11.8. The number of rotatable bonds is 10. The lowest BCUT2D eigenvalue weighted by molar-refractivity contribution is -0.136. The second kappa shape index (κ2) is 16.7. The molecule has 3 aliphatic rings. The summed E-state index contributed by atoms with van der Waals surface area (Å²) in [4.78, 5) is 70.9. The largest absolute Gasteiger partial charge is 0.453 e. The van der Waals surface area contributed by atoms with Gasteiger partial charge in [-0.15, -0.1) is 0 Å². The molecule has 0 radical (unpaired) electrons. The molecule has 0 bridgehead atoms. The van der Waals surface area contributed by atoms with Crippen molar-refractivity contribution < 1.29 is 23.9 Å². The van der Waals surface area contributed by atoms with Gasteiger partial charge in [0.15, 0.2) is 0 Å². The molecule has 1 saturated carbocycles. The van der Waals surface area contributed by atoms with Gasteiger partial charge in [-0.05, 0) is 92.3 Å². The monoisotopic (exact) mass is 822 g/mol. The highest BCUT2D eigenvalue weighted by molar-refractivity contribution is 6.34. The minimum absolute atomic E-state index is 0.0622. The van der Waals surface area contributed by atoms with Gasteiger partial charge in [0, 0.05) is 55.6 Å². The number of ether oxygens (including phenoxy) is 1. The van der Waals surface area contributed by atoms with E-state index < -0.39 is 12.1 Å². The first-order valence-electron chi connectivity index (χ1n) is 20.5. The Bertz CT molecular complexity index is 2220. The van der Waals surface area contributed by atoms with Gasteiger partial charge in [-0.3, -0.25) is 14.4 Å². The summed E-state index contributed by atoms with van der Waals surface area (Å²) >= 11 is 6.77. The first-order chi connectivity index (χ1) is 28.1. The topological polar surface area (TPSA) is 153 Å². The van der Waals surface area contributed by atoms with E-state index >= 15 is 0 Å². The zero-order chi connectivity index (χ0) is 42.3. The molecular weight excluding hydrogens is 768 g/mol. The maximum atomic E-state index is 13.6. The van der Waals surface area contributed by atoms with E-state index in [9.17, 15) is 19.2 Å². The number of alkyl carbamates (subject to hydrolysis) is 1. The lowest BCUT2D eigenvalue weighted by Crippen LogP contribution is -2.59. The van der Waals surface area contributed by atoms with E-state index in [0.29, 0.717) is 41.7 Å². The van der Waals surface area contributed by atoms with Gasteiger partial charge in [-0.1, -0.05) is 63.6 Å². The fourth-order valence-electron chi connectivity index (χ4n) is 8.48. The number of halogens is 1. The number of pyridine rings is 1. The molecule has 4 aromatic rings. The maximum absolute atomic E-state index is 13.6. The van der Waals surface area contributed by atoms with Crippen LogP contribution in [0.5, 0.6) is 0 Å². The van der Waals surface area contributed by atoms with Crippen LogP contribution in [0.3, 0.4) is 0 Å². The highest BCUT2D eigenvalue weighted by atomic mass is 35.5. The molecule has 5 atom stereocenters. The molecule has 2 aromatic heterocycles. The van der Waals surface area contributed by atoms with Crippen molar-refractivity contribution in [3.8, 4) is 22.4 Å². The number of hydrogen-bond acceptors (Lipinski definition) is 8. The van der Waals surface area contributed by atoms with Crippen molar-refractivity contribution >= 4 is 46.9 Å². The first kappa shape index (κ1) is 41.7. The van der Waals surface area contributed by atoms with Crippen molar-refractivity contribution in [2.75, 3.05) is 37.0 Å². The molecule has 1 aliphatic carbocycles. The average molecular weight is 823 g/mol. The minimum Gasteiger partial charge on any atom is -0.453 e. The number of likely N-dealkylation sites (tertiary alicyclic amines) is 1. The molecular formula is C45H55ClN8O5. The number of methoxy groups -OCH3 is 1. The predicted molar refractivity (Wildman–Crippen MR) is 229 cm³/mol. The number of amides is 4. The molecule has 7 rings (SSSR count). The number of hydrogen-bond donors (Lipinski definition) is 3. The summed E-state index contributed by atoms with van der Waals surface area (Å²) in [7, 11) is 1.28. The number of benzene rings is 2. The van der Waals surface area contributed by atoms with Crippen LogP contribution >= 0.6 is 11.6 Å². The highest BCUT2D eigenvalue weighted by Crippen LogP contribution is 2.53. The van der Waals surface area contributed by atoms with E-state index in [1.165, 1.54) is 7.11 Å². The van der Waals surface area contributed by atoms with Gasteiger partial charge in [0.25, 0.3) is 5.91 Å². The molecule has 14 heteroatoms. The number of nitrogens with zero attached hydrogens (tertiary/aromatic N) is 5. The zero-order valence-corrected chi connectivity index (χ0v) is 35.9. The standard InChI is InChI=1S/C45H55ClN8O5/c1-25(2)39(51-44(58)59-8)43(57)52-17-9-10-37(52)40-48-22-36(49-40)30-13-11-29(12-14-30)32-19-34(46)35(18-26(32)3)50-41(55)31-15-16-38(47-21-31)53-23-28(5)54(24-27(53)4)42(56)33-20-45(33,6)7/h11-16,18-19,21-22,25,27-28,33,37,39H,9-10,17,20,23-24H2,1-8H3,(H,48,49)(H,50,55)(H,51,58)/t27-,28+,33-,37+,39+/m1/s1. The molecule has 13 nitrogen and oxygen atoms in total. The van der Waals surface area contributed by atoms with Crippen LogP contribution in [-0.4, -0.2) is 93.4 Å². The Morgan fingerprint density at radius 3 is 2.34 bits per heavy atom. The Balaban J connectivity index is 0.977. The summed E-state index contributed by atoms with van der Waals surface area (Å²) in [5, 5.41) is 6.06. The molecule has 59 heavy (non-hydrogen) atoms. The number of aromatic nitrogens is 3. The summed E-state index contributed by atoms with van der Waals surface area (Å²) in [6.07, 6.45) is 5.35. The number of aryl methyl sites for hydroxylation is 1. The first-order valence-corrected chi connectivity index (χ1v) is 20.9. The van der Waals surface area contributed by atoms with E-state index in [2.05, 4.69) is 53.2 Å². The smallest absolute Gasteiger partial charge is 0.407 e. The van der Waals surface area contributed by atoms with Crippen LogP contribution in [0.4, 0.5) is 16.3 Å². The van der Waals surface area contributed by atoms with E-state index in [0.717, 1.165) is 53.0 Å². The van der Waals surface area contributed by atoms with Crippen LogP contribution in [0.1, 0.15) is 88.6 Å². The molecule has 2 saturated heterocycles. The van der Waals surface area contributed by atoms with Gasteiger partial charge in [-0.25, -0.2) is 14.8 Å². The predicted octanol–water partition coefficient (Wildman–Crippen LogP) is 7.87. The molecule has 0 unspecified atom stereocenters. The molecule has 312 valence electrons. The number of carbonyl (C=O) groups excluding carboxylic acids is 4. The second-order valence-corrected chi connectivity index (χ2v) is 17.8. The van der Waals surface area contributed by atoms with Crippen molar-refractivity contribution in [1.82, 2.24) is 30.1 Å². The van der Waals surface area contributed by atoms with Crippen LogP contribution in [0.15, 0.2) is 60.9 Å². The fraction of sp³-hybridized carbons (Fsp3) is 0.467. The van der Waals surface area contributed by atoms with E-state index in [4.69, 9.17) is 21.3 Å². The molecule has 3 fully saturated rings.